The van der Waals surface area contributed by atoms with Gasteiger partial charge in [0.15, 0.2) is 5.76 Å². The molecule has 1 aliphatic carbocycles. The molecule has 5 heteroatoms. The number of carbonyl (C=O) groups is 1. The smallest absolute Gasteiger partial charge is 0.287 e. The van der Waals surface area contributed by atoms with Gasteiger partial charge in [-0.3, -0.25) is 4.79 Å². The van der Waals surface area contributed by atoms with Crippen LogP contribution in [0.25, 0.3) is 0 Å². The highest BCUT2D eigenvalue weighted by atomic mass is 35.5. The highest BCUT2D eigenvalue weighted by Crippen LogP contribution is 2.16. The maximum atomic E-state index is 11.6. The lowest BCUT2D eigenvalue weighted by Gasteiger charge is -2.16. The Balaban J connectivity index is 0.00000180. The van der Waals surface area contributed by atoms with Gasteiger partial charge in [0, 0.05) is 19.1 Å². The number of hydrogen-bond donors (Lipinski definition) is 2. The van der Waals surface area contributed by atoms with Crippen molar-refractivity contribution in [3.63, 3.8) is 0 Å². The van der Waals surface area contributed by atoms with Crippen molar-refractivity contribution in [3.05, 3.63) is 24.2 Å². The summed E-state index contributed by atoms with van der Waals surface area (Å²) in [4.78, 5) is 11.6. The fraction of sp³-hybridized carbons (Fsp3) is 0.643. The van der Waals surface area contributed by atoms with Crippen molar-refractivity contribution in [2.45, 2.75) is 44.6 Å². The van der Waals surface area contributed by atoms with E-state index in [-0.39, 0.29) is 18.3 Å². The average molecular weight is 287 g/mol. The van der Waals surface area contributed by atoms with Gasteiger partial charge in [0.2, 0.25) is 0 Å². The van der Waals surface area contributed by atoms with Crippen LogP contribution in [0.5, 0.6) is 0 Å². The molecule has 1 aromatic heterocycles. The fourth-order valence-electron chi connectivity index (χ4n) is 2.43. The molecule has 2 N–H and O–H groups in total. The minimum atomic E-state index is -0.136. The second-order valence-electron chi connectivity index (χ2n) is 4.88. The van der Waals surface area contributed by atoms with Gasteiger partial charge in [-0.25, -0.2) is 0 Å². The first-order chi connectivity index (χ1) is 8.86. The molecule has 108 valence electrons. The summed E-state index contributed by atoms with van der Waals surface area (Å²) in [6.07, 6.45) is 9.45. The zero-order valence-electron chi connectivity index (χ0n) is 11.2. The molecule has 0 aliphatic heterocycles. The largest absolute Gasteiger partial charge is 0.459 e. The molecule has 0 spiro atoms. The first-order valence-corrected chi connectivity index (χ1v) is 6.91. The third-order valence-electron chi connectivity index (χ3n) is 3.44. The maximum absolute atomic E-state index is 11.6. The Bertz CT molecular complexity index is 346. The van der Waals surface area contributed by atoms with Gasteiger partial charge in [0.1, 0.15) is 0 Å². The van der Waals surface area contributed by atoms with Crippen LogP contribution < -0.4 is 10.6 Å². The quantitative estimate of drug-likeness (QED) is 0.646. The molecule has 2 rings (SSSR count). The molecule has 0 atom stereocenters. The van der Waals surface area contributed by atoms with E-state index in [4.69, 9.17) is 4.42 Å². The van der Waals surface area contributed by atoms with E-state index in [1.165, 1.54) is 44.8 Å². The summed E-state index contributed by atoms with van der Waals surface area (Å²) in [7, 11) is 0. The number of carbonyl (C=O) groups excluding carboxylic acids is 1. The van der Waals surface area contributed by atoms with Gasteiger partial charge >= 0.3 is 0 Å². The first kappa shape index (κ1) is 16.1. The van der Waals surface area contributed by atoms with Gasteiger partial charge in [-0.1, -0.05) is 25.7 Å². The highest BCUT2D eigenvalue weighted by molar-refractivity contribution is 5.91. The van der Waals surface area contributed by atoms with E-state index in [1.807, 2.05) is 0 Å². The molecule has 0 aromatic carbocycles. The summed E-state index contributed by atoms with van der Waals surface area (Å²) in [5.74, 6) is 0.243. The van der Waals surface area contributed by atoms with Gasteiger partial charge < -0.3 is 15.1 Å². The van der Waals surface area contributed by atoms with Crippen molar-refractivity contribution in [1.29, 1.82) is 0 Å². The number of amides is 1. The third kappa shape index (κ3) is 5.66. The maximum Gasteiger partial charge on any atom is 0.287 e. The standard InChI is InChI=1S/C14H22N2O2.ClH/c17-14(13-8-5-11-18-13)16-10-9-15-12-6-3-1-2-4-7-12;/h5,8,11-12,15H,1-4,6-7,9-10H2,(H,16,17);1H. The monoisotopic (exact) mass is 286 g/mol. The van der Waals surface area contributed by atoms with E-state index in [0.717, 1.165) is 6.54 Å². The summed E-state index contributed by atoms with van der Waals surface area (Å²) in [6.45, 7) is 1.48. The normalized spacial score (nSPS) is 16.4. The predicted molar refractivity (Wildman–Crippen MR) is 77.8 cm³/mol. The second kappa shape index (κ2) is 8.99. The number of furan rings is 1. The summed E-state index contributed by atoms with van der Waals surface area (Å²) >= 11 is 0. The summed E-state index contributed by atoms with van der Waals surface area (Å²) < 4.78 is 5.03. The molecule has 0 bridgehead atoms. The van der Waals surface area contributed by atoms with Crippen LogP contribution in [0.15, 0.2) is 22.8 Å². The molecule has 0 radical (unpaired) electrons. The van der Waals surface area contributed by atoms with Crippen molar-refractivity contribution in [2.75, 3.05) is 13.1 Å². The van der Waals surface area contributed by atoms with Gasteiger partial charge in [-0.05, 0) is 25.0 Å². The zero-order chi connectivity index (χ0) is 12.6. The molecular formula is C14H23ClN2O2. The zero-order valence-corrected chi connectivity index (χ0v) is 12.0. The van der Waals surface area contributed by atoms with Crippen molar-refractivity contribution in [3.8, 4) is 0 Å². The van der Waals surface area contributed by atoms with Gasteiger partial charge in [-0.2, -0.15) is 0 Å². The Morgan fingerprint density at radius 3 is 2.58 bits per heavy atom. The van der Waals surface area contributed by atoms with Crippen LogP contribution in [0.4, 0.5) is 0 Å². The van der Waals surface area contributed by atoms with Crippen LogP contribution in [0.2, 0.25) is 0 Å². The van der Waals surface area contributed by atoms with E-state index >= 15 is 0 Å². The summed E-state index contributed by atoms with van der Waals surface area (Å²) in [6, 6.07) is 4.03. The van der Waals surface area contributed by atoms with E-state index < -0.39 is 0 Å². The lowest BCUT2D eigenvalue weighted by atomic mass is 10.1. The van der Waals surface area contributed by atoms with Crippen LogP contribution in [0.3, 0.4) is 0 Å². The third-order valence-corrected chi connectivity index (χ3v) is 3.44. The SMILES string of the molecule is Cl.O=C(NCCNC1CCCCCC1)c1ccco1. The van der Waals surface area contributed by atoms with Gasteiger partial charge in [0.25, 0.3) is 5.91 Å². The van der Waals surface area contributed by atoms with Crippen molar-refractivity contribution < 1.29 is 9.21 Å². The molecule has 1 aliphatic rings. The summed E-state index contributed by atoms with van der Waals surface area (Å²) in [5, 5.41) is 6.36. The molecule has 0 unspecified atom stereocenters. The first-order valence-electron chi connectivity index (χ1n) is 6.91. The van der Waals surface area contributed by atoms with Crippen LogP contribution >= 0.6 is 12.4 Å². The van der Waals surface area contributed by atoms with Crippen molar-refractivity contribution in [1.82, 2.24) is 10.6 Å². The Hall–Kier alpha value is -1.00. The Morgan fingerprint density at radius 2 is 1.95 bits per heavy atom. The second-order valence-corrected chi connectivity index (χ2v) is 4.88. The van der Waals surface area contributed by atoms with E-state index in [1.54, 1.807) is 12.1 Å². The molecule has 1 amide bonds. The highest BCUT2D eigenvalue weighted by Gasteiger charge is 2.11. The fourth-order valence-corrected chi connectivity index (χ4v) is 2.43. The Morgan fingerprint density at radius 1 is 1.21 bits per heavy atom. The minimum Gasteiger partial charge on any atom is -0.459 e. The molecule has 1 heterocycles. The lowest BCUT2D eigenvalue weighted by Crippen LogP contribution is -2.36. The number of halogens is 1. The molecule has 1 saturated carbocycles. The van der Waals surface area contributed by atoms with E-state index in [0.29, 0.717) is 18.3 Å². The van der Waals surface area contributed by atoms with E-state index in [9.17, 15) is 4.79 Å². The Labute approximate surface area is 120 Å². The van der Waals surface area contributed by atoms with Crippen LogP contribution in [-0.4, -0.2) is 25.0 Å². The molecule has 0 saturated heterocycles. The van der Waals surface area contributed by atoms with Crippen molar-refractivity contribution >= 4 is 18.3 Å². The average Bonchev–Trinajstić information content (AvgIpc) is 2.80. The Kier molecular flexibility index (Phi) is 7.60. The molecule has 1 aromatic rings. The predicted octanol–water partition coefficient (Wildman–Crippen LogP) is 2.74. The molecular weight excluding hydrogens is 264 g/mol. The minimum absolute atomic E-state index is 0. The molecule has 1 fully saturated rings. The number of rotatable bonds is 5. The number of nitrogens with one attached hydrogen (secondary N) is 2. The molecule has 4 nitrogen and oxygen atoms in total. The van der Waals surface area contributed by atoms with Crippen LogP contribution in [-0.2, 0) is 0 Å². The lowest BCUT2D eigenvalue weighted by molar-refractivity contribution is 0.0926. The van der Waals surface area contributed by atoms with Crippen molar-refractivity contribution in [2.24, 2.45) is 0 Å². The van der Waals surface area contributed by atoms with Crippen LogP contribution in [0, 0.1) is 0 Å². The topological polar surface area (TPSA) is 54.3 Å². The molecule has 19 heavy (non-hydrogen) atoms. The van der Waals surface area contributed by atoms with Gasteiger partial charge in [-0.15, -0.1) is 12.4 Å². The summed E-state index contributed by atoms with van der Waals surface area (Å²) in [5.41, 5.74) is 0. The van der Waals surface area contributed by atoms with Gasteiger partial charge in [0.05, 0.1) is 6.26 Å². The number of hydrogen-bond acceptors (Lipinski definition) is 3. The van der Waals surface area contributed by atoms with Crippen LogP contribution in [0.1, 0.15) is 49.1 Å². The van der Waals surface area contributed by atoms with E-state index in [2.05, 4.69) is 10.6 Å².